The fraction of sp³-hybridized carbons (Fsp3) is 0.222. The van der Waals surface area contributed by atoms with Crippen LogP contribution in [-0.2, 0) is 27.2 Å². The second-order valence-corrected chi connectivity index (χ2v) is 8.14. The number of rotatable bonds is 10. The lowest BCUT2D eigenvalue weighted by Gasteiger charge is -2.24. The molecule has 0 aliphatic heterocycles. The molecule has 0 radical (unpaired) electrons. The Balaban J connectivity index is 1.78. The highest BCUT2D eigenvalue weighted by atomic mass is 16.5. The van der Waals surface area contributed by atoms with Gasteiger partial charge in [-0.15, -0.1) is 0 Å². The van der Waals surface area contributed by atoms with Crippen molar-refractivity contribution >= 4 is 17.8 Å². The number of amides is 2. The first-order valence-electron chi connectivity index (χ1n) is 11.2. The Morgan fingerprint density at radius 2 is 1.31 bits per heavy atom. The van der Waals surface area contributed by atoms with Gasteiger partial charge in [0.2, 0.25) is 5.91 Å². The lowest BCUT2D eigenvalue weighted by molar-refractivity contribution is -0.142. The average Bonchev–Trinajstić information content (AvgIpc) is 2.85. The largest absolute Gasteiger partial charge is 0.508 e. The number of nitrogens with one attached hydrogen (secondary N) is 2. The first-order chi connectivity index (χ1) is 16.8. The summed E-state index contributed by atoms with van der Waals surface area (Å²) in [6.45, 7) is 1.23. The topological polar surface area (TPSA) is 125 Å². The van der Waals surface area contributed by atoms with Crippen LogP contribution in [0.5, 0.6) is 11.5 Å². The molecule has 0 fully saturated rings. The van der Waals surface area contributed by atoms with Gasteiger partial charge in [0.25, 0.3) is 5.91 Å². The molecule has 0 heterocycles. The number of carbonyl (C=O) groups excluding carboxylic acids is 3. The molecule has 0 aliphatic rings. The molecular formula is C27H28N2O6. The summed E-state index contributed by atoms with van der Waals surface area (Å²) in [5.41, 5.74) is 1.98. The lowest BCUT2D eigenvalue weighted by Crippen LogP contribution is -2.52. The number of ether oxygens (including phenoxy) is 1. The van der Waals surface area contributed by atoms with Crippen LogP contribution in [0.25, 0.3) is 0 Å². The van der Waals surface area contributed by atoms with Gasteiger partial charge in [0.1, 0.15) is 24.1 Å². The molecule has 0 spiro atoms. The fourth-order valence-electron chi connectivity index (χ4n) is 3.50. The monoisotopic (exact) mass is 476 g/mol. The highest BCUT2D eigenvalue weighted by Crippen LogP contribution is 2.14. The zero-order chi connectivity index (χ0) is 25.2. The van der Waals surface area contributed by atoms with Crippen LogP contribution in [0.2, 0.25) is 0 Å². The van der Waals surface area contributed by atoms with E-state index < -0.39 is 29.9 Å². The standard InChI is InChI=1S/C27H28N2O6/c1-18(30)35-17-22(15-19-7-11-23(31)12-8-19)28-27(34)25(16-20-9-13-24(32)14-10-20)29-26(33)21-5-3-2-4-6-21/h2-14,22,25,31-32H,15-17H2,1H3,(H,28,34)(H,29,33)/t22-,25-/m0/s1. The van der Waals surface area contributed by atoms with Crippen LogP contribution in [0.1, 0.15) is 28.4 Å². The summed E-state index contributed by atoms with van der Waals surface area (Å²) in [6.07, 6.45) is 0.530. The van der Waals surface area contributed by atoms with Crippen LogP contribution >= 0.6 is 0 Å². The SMILES string of the molecule is CC(=O)OC[C@H](Cc1ccc(O)cc1)NC(=O)[C@H](Cc1ccc(O)cc1)NC(=O)c1ccccc1. The van der Waals surface area contributed by atoms with Gasteiger partial charge in [0, 0.05) is 18.9 Å². The van der Waals surface area contributed by atoms with Crippen LogP contribution in [0, 0.1) is 0 Å². The zero-order valence-corrected chi connectivity index (χ0v) is 19.3. The number of hydrogen-bond donors (Lipinski definition) is 4. The number of hydrogen-bond acceptors (Lipinski definition) is 6. The quantitative estimate of drug-likeness (QED) is 0.334. The molecular weight excluding hydrogens is 448 g/mol. The van der Waals surface area contributed by atoms with Crippen LogP contribution in [0.3, 0.4) is 0 Å². The Labute approximate surface area is 203 Å². The van der Waals surface area contributed by atoms with Crippen molar-refractivity contribution in [3.05, 3.63) is 95.6 Å². The van der Waals surface area contributed by atoms with Crippen LogP contribution in [0.15, 0.2) is 78.9 Å². The maximum absolute atomic E-state index is 13.3. The average molecular weight is 477 g/mol. The molecule has 8 nitrogen and oxygen atoms in total. The molecule has 35 heavy (non-hydrogen) atoms. The van der Waals surface area contributed by atoms with Gasteiger partial charge in [-0.05, 0) is 53.9 Å². The molecule has 2 amide bonds. The molecule has 3 rings (SSSR count). The Morgan fingerprint density at radius 1 is 0.771 bits per heavy atom. The third kappa shape index (κ3) is 8.19. The van der Waals surface area contributed by atoms with Crippen molar-refractivity contribution in [1.82, 2.24) is 10.6 Å². The molecule has 2 atom stereocenters. The lowest BCUT2D eigenvalue weighted by atomic mass is 10.0. The van der Waals surface area contributed by atoms with E-state index in [1.807, 2.05) is 0 Å². The Hall–Kier alpha value is -4.33. The molecule has 0 aromatic heterocycles. The number of benzene rings is 3. The molecule has 0 bridgehead atoms. The summed E-state index contributed by atoms with van der Waals surface area (Å²) in [4.78, 5) is 37.5. The van der Waals surface area contributed by atoms with Crippen molar-refractivity contribution < 1.29 is 29.3 Å². The second-order valence-electron chi connectivity index (χ2n) is 8.14. The van der Waals surface area contributed by atoms with E-state index in [0.29, 0.717) is 12.0 Å². The molecule has 0 saturated heterocycles. The third-order valence-corrected chi connectivity index (χ3v) is 5.29. The second kappa shape index (κ2) is 12.2. The van der Waals surface area contributed by atoms with Gasteiger partial charge < -0.3 is 25.6 Å². The van der Waals surface area contributed by atoms with E-state index >= 15 is 0 Å². The first kappa shape index (κ1) is 25.3. The molecule has 3 aromatic rings. The van der Waals surface area contributed by atoms with Crippen molar-refractivity contribution in [2.24, 2.45) is 0 Å². The Bertz CT molecular complexity index is 1130. The normalized spacial score (nSPS) is 12.3. The van der Waals surface area contributed by atoms with Crippen molar-refractivity contribution in [1.29, 1.82) is 0 Å². The molecule has 0 unspecified atom stereocenters. The van der Waals surface area contributed by atoms with Gasteiger partial charge in [0.05, 0.1) is 6.04 Å². The van der Waals surface area contributed by atoms with Crippen molar-refractivity contribution in [2.75, 3.05) is 6.61 Å². The molecule has 182 valence electrons. The molecule has 0 saturated carbocycles. The van der Waals surface area contributed by atoms with Gasteiger partial charge in [-0.25, -0.2) is 0 Å². The summed E-state index contributed by atoms with van der Waals surface area (Å²) in [7, 11) is 0. The van der Waals surface area contributed by atoms with Crippen LogP contribution in [0.4, 0.5) is 0 Å². The Morgan fingerprint density at radius 3 is 1.86 bits per heavy atom. The van der Waals surface area contributed by atoms with Gasteiger partial charge in [0.15, 0.2) is 0 Å². The van der Waals surface area contributed by atoms with E-state index in [1.165, 1.54) is 31.2 Å². The summed E-state index contributed by atoms with van der Waals surface area (Å²) in [6, 6.07) is 20.0. The molecule has 4 N–H and O–H groups in total. The third-order valence-electron chi connectivity index (χ3n) is 5.29. The molecule has 0 aliphatic carbocycles. The number of carbonyl (C=O) groups is 3. The van der Waals surface area contributed by atoms with Gasteiger partial charge in [-0.1, -0.05) is 42.5 Å². The van der Waals surface area contributed by atoms with E-state index in [9.17, 15) is 24.6 Å². The maximum Gasteiger partial charge on any atom is 0.302 e. The number of aromatic hydroxyl groups is 2. The van der Waals surface area contributed by atoms with E-state index in [1.54, 1.807) is 54.6 Å². The minimum Gasteiger partial charge on any atom is -0.508 e. The van der Waals surface area contributed by atoms with Crippen molar-refractivity contribution in [2.45, 2.75) is 31.8 Å². The molecule has 8 heteroatoms. The number of phenolic OH excluding ortho intramolecular Hbond substituents is 2. The van der Waals surface area contributed by atoms with Crippen LogP contribution in [-0.4, -0.2) is 46.7 Å². The summed E-state index contributed by atoms with van der Waals surface area (Å²) in [5.74, 6) is -1.11. The summed E-state index contributed by atoms with van der Waals surface area (Å²) in [5, 5.41) is 24.8. The van der Waals surface area contributed by atoms with E-state index in [0.717, 1.165) is 11.1 Å². The van der Waals surface area contributed by atoms with Crippen molar-refractivity contribution in [3.8, 4) is 11.5 Å². The number of phenols is 2. The van der Waals surface area contributed by atoms with Gasteiger partial charge in [-0.3, -0.25) is 14.4 Å². The Kier molecular flexibility index (Phi) is 8.83. The fourth-order valence-corrected chi connectivity index (χ4v) is 3.50. The first-order valence-corrected chi connectivity index (χ1v) is 11.2. The maximum atomic E-state index is 13.3. The van der Waals surface area contributed by atoms with E-state index in [-0.39, 0.29) is 24.5 Å². The van der Waals surface area contributed by atoms with E-state index in [2.05, 4.69) is 10.6 Å². The minimum absolute atomic E-state index is 0.0550. The summed E-state index contributed by atoms with van der Waals surface area (Å²) >= 11 is 0. The zero-order valence-electron chi connectivity index (χ0n) is 19.3. The van der Waals surface area contributed by atoms with Crippen LogP contribution < -0.4 is 10.6 Å². The van der Waals surface area contributed by atoms with Gasteiger partial charge in [-0.2, -0.15) is 0 Å². The van der Waals surface area contributed by atoms with Gasteiger partial charge >= 0.3 is 5.97 Å². The number of esters is 1. The molecule has 3 aromatic carbocycles. The predicted octanol–water partition coefficient (Wildman–Crippen LogP) is 2.73. The van der Waals surface area contributed by atoms with E-state index in [4.69, 9.17) is 4.74 Å². The highest BCUT2D eigenvalue weighted by Gasteiger charge is 2.25. The smallest absolute Gasteiger partial charge is 0.302 e. The summed E-state index contributed by atoms with van der Waals surface area (Å²) < 4.78 is 5.14. The predicted molar refractivity (Wildman–Crippen MR) is 130 cm³/mol. The highest BCUT2D eigenvalue weighted by molar-refractivity contribution is 5.97. The van der Waals surface area contributed by atoms with Crippen molar-refractivity contribution in [3.63, 3.8) is 0 Å². The minimum atomic E-state index is -0.924.